The lowest BCUT2D eigenvalue weighted by atomic mass is 10.0. The Morgan fingerprint density at radius 2 is 1.87 bits per heavy atom. The van der Waals surface area contributed by atoms with Crippen LogP contribution >= 0.6 is 0 Å². The summed E-state index contributed by atoms with van der Waals surface area (Å²) in [5.41, 5.74) is 11.4. The van der Waals surface area contributed by atoms with Gasteiger partial charge >= 0.3 is 0 Å². The topological polar surface area (TPSA) is 99.8 Å². The Morgan fingerprint density at radius 3 is 2.61 bits per heavy atom. The molecule has 0 aliphatic rings. The fourth-order valence-electron chi connectivity index (χ4n) is 3.38. The molecule has 3 heterocycles. The summed E-state index contributed by atoms with van der Waals surface area (Å²) in [4.78, 5) is 21.3. The molecule has 2 N–H and O–H groups in total. The summed E-state index contributed by atoms with van der Waals surface area (Å²) >= 11 is 0. The fraction of sp³-hybridized carbons (Fsp3) is 0.250. The van der Waals surface area contributed by atoms with E-state index < -0.39 is 0 Å². The van der Waals surface area contributed by atoms with Gasteiger partial charge in [-0.15, -0.1) is 0 Å². The molecule has 0 amide bonds. The SMILES string of the molecule is Cc1ncc(-c2ccc(=O)n(C(C)C)c2)nc1-c1cc(-c2cccc(C(C)N)c2)no1.[HH].[HH].[HH]. The Bertz CT molecular complexity index is 1300. The van der Waals surface area contributed by atoms with Gasteiger partial charge in [-0.25, -0.2) is 4.98 Å². The Morgan fingerprint density at radius 1 is 1.06 bits per heavy atom. The van der Waals surface area contributed by atoms with E-state index in [1.807, 2.05) is 58.0 Å². The highest BCUT2D eigenvalue weighted by Crippen LogP contribution is 2.29. The van der Waals surface area contributed by atoms with Crippen molar-refractivity contribution < 1.29 is 8.80 Å². The maximum Gasteiger partial charge on any atom is 0.250 e. The van der Waals surface area contributed by atoms with Gasteiger partial charge < -0.3 is 14.8 Å². The number of benzene rings is 1. The number of hydrogen-bond donors (Lipinski definition) is 1. The number of aryl methyl sites for hydroxylation is 1. The lowest BCUT2D eigenvalue weighted by Gasteiger charge is -2.11. The first-order valence-corrected chi connectivity index (χ1v) is 10.2. The van der Waals surface area contributed by atoms with Crippen molar-refractivity contribution in [2.45, 2.75) is 39.8 Å². The lowest BCUT2D eigenvalue weighted by Crippen LogP contribution is -2.20. The van der Waals surface area contributed by atoms with Crippen molar-refractivity contribution in [3.05, 3.63) is 76.5 Å². The summed E-state index contributed by atoms with van der Waals surface area (Å²) in [6.07, 6.45) is 3.51. The smallest absolute Gasteiger partial charge is 0.250 e. The number of nitrogens with two attached hydrogens (primary N) is 1. The Labute approximate surface area is 185 Å². The predicted molar refractivity (Wildman–Crippen MR) is 127 cm³/mol. The molecule has 1 unspecified atom stereocenters. The maximum absolute atomic E-state index is 12.1. The zero-order valence-electron chi connectivity index (χ0n) is 18.0. The van der Waals surface area contributed by atoms with Gasteiger partial charge in [0.1, 0.15) is 11.4 Å². The van der Waals surface area contributed by atoms with Crippen LogP contribution in [-0.4, -0.2) is 19.7 Å². The molecule has 7 heteroatoms. The van der Waals surface area contributed by atoms with Crippen LogP contribution in [0.25, 0.3) is 34.0 Å². The van der Waals surface area contributed by atoms with Crippen LogP contribution in [0, 0.1) is 6.92 Å². The Hall–Kier alpha value is -3.58. The molecule has 0 aliphatic carbocycles. The maximum atomic E-state index is 12.1. The molecule has 3 aromatic heterocycles. The van der Waals surface area contributed by atoms with Crippen LogP contribution in [0.15, 0.2) is 64.2 Å². The fourth-order valence-corrected chi connectivity index (χ4v) is 3.38. The van der Waals surface area contributed by atoms with Crippen LogP contribution in [0.2, 0.25) is 0 Å². The van der Waals surface area contributed by atoms with E-state index in [1.54, 1.807) is 29.1 Å². The van der Waals surface area contributed by atoms with Crippen LogP contribution in [0.5, 0.6) is 0 Å². The van der Waals surface area contributed by atoms with E-state index in [0.29, 0.717) is 22.8 Å². The highest BCUT2D eigenvalue weighted by molar-refractivity contribution is 5.68. The minimum atomic E-state index is -0.0646. The second kappa shape index (κ2) is 8.28. The van der Waals surface area contributed by atoms with E-state index in [2.05, 4.69) is 10.1 Å². The number of hydrogen-bond acceptors (Lipinski definition) is 6. The monoisotopic (exact) mass is 421 g/mol. The molecule has 0 saturated heterocycles. The first-order chi connectivity index (χ1) is 14.8. The number of rotatable bonds is 5. The highest BCUT2D eigenvalue weighted by atomic mass is 16.5. The molecule has 164 valence electrons. The molecule has 0 bridgehead atoms. The molecule has 1 atom stereocenters. The second-order valence-electron chi connectivity index (χ2n) is 7.94. The Kier molecular flexibility index (Phi) is 5.52. The van der Waals surface area contributed by atoms with Gasteiger partial charge in [-0.05, 0) is 45.4 Å². The van der Waals surface area contributed by atoms with E-state index in [4.69, 9.17) is 15.2 Å². The average molecular weight is 422 g/mol. The summed E-state index contributed by atoms with van der Waals surface area (Å²) in [6.45, 7) is 7.75. The molecule has 7 nitrogen and oxygen atoms in total. The van der Waals surface area contributed by atoms with Crippen molar-refractivity contribution in [3.63, 3.8) is 0 Å². The molecule has 0 fully saturated rings. The normalized spacial score (nSPS) is 12.3. The third-order valence-electron chi connectivity index (χ3n) is 5.20. The highest BCUT2D eigenvalue weighted by Gasteiger charge is 2.16. The summed E-state index contributed by atoms with van der Waals surface area (Å²) in [7, 11) is 0. The Balaban J connectivity index is 0.00000193. The van der Waals surface area contributed by atoms with Gasteiger partial charge in [0.05, 0.1) is 17.6 Å². The molecule has 4 aromatic rings. The van der Waals surface area contributed by atoms with Crippen molar-refractivity contribution in [3.8, 4) is 34.0 Å². The molecular weight excluding hydrogens is 390 g/mol. The molecule has 0 spiro atoms. The standard InChI is InChI=1S/C24H25N5O2.3H2/c1-14(2)29-13-19(8-9-23(29)30)21-12-26-16(4)24(27-21)22-11-20(28-31-22)18-7-5-6-17(10-18)15(3)25;;;/h5-15H,25H2,1-4H3;3*1H. The van der Waals surface area contributed by atoms with Crippen LogP contribution in [0.1, 0.15) is 48.4 Å². The van der Waals surface area contributed by atoms with Gasteiger partial charge in [0.2, 0.25) is 0 Å². The summed E-state index contributed by atoms with van der Waals surface area (Å²) < 4.78 is 7.29. The first-order valence-electron chi connectivity index (χ1n) is 10.2. The van der Waals surface area contributed by atoms with Gasteiger partial charge in [0.25, 0.3) is 5.56 Å². The number of aromatic nitrogens is 4. The molecular formula is C24H31N5O2. The second-order valence-corrected chi connectivity index (χ2v) is 7.94. The number of pyridine rings is 1. The van der Waals surface area contributed by atoms with Crippen molar-refractivity contribution in [1.29, 1.82) is 0 Å². The van der Waals surface area contributed by atoms with Crippen molar-refractivity contribution in [2.24, 2.45) is 5.73 Å². The van der Waals surface area contributed by atoms with Crippen molar-refractivity contribution >= 4 is 0 Å². The third-order valence-corrected chi connectivity index (χ3v) is 5.20. The zero-order valence-corrected chi connectivity index (χ0v) is 18.0. The van der Waals surface area contributed by atoms with E-state index in [0.717, 1.165) is 22.4 Å². The van der Waals surface area contributed by atoms with Crippen LogP contribution in [-0.2, 0) is 0 Å². The van der Waals surface area contributed by atoms with E-state index in [9.17, 15) is 4.79 Å². The van der Waals surface area contributed by atoms with Gasteiger partial charge in [-0.2, -0.15) is 0 Å². The summed E-state index contributed by atoms with van der Waals surface area (Å²) in [6, 6.07) is 13.1. The van der Waals surface area contributed by atoms with Gasteiger partial charge in [-0.3, -0.25) is 9.78 Å². The quantitative estimate of drug-likeness (QED) is 0.471. The van der Waals surface area contributed by atoms with E-state index in [-0.39, 0.29) is 21.9 Å². The zero-order chi connectivity index (χ0) is 22.1. The molecule has 0 radical (unpaired) electrons. The minimum Gasteiger partial charge on any atom is -0.354 e. The van der Waals surface area contributed by atoms with Crippen LogP contribution in [0.4, 0.5) is 0 Å². The van der Waals surface area contributed by atoms with E-state index >= 15 is 0 Å². The van der Waals surface area contributed by atoms with Gasteiger partial charge in [-0.1, -0.05) is 23.4 Å². The van der Waals surface area contributed by atoms with Gasteiger partial charge in [0, 0.05) is 45.8 Å². The third kappa shape index (κ3) is 4.18. The summed E-state index contributed by atoms with van der Waals surface area (Å²) in [5, 5.41) is 4.23. The number of nitrogens with zero attached hydrogens (tertiary/aromatic N) is 4. The molecule has 4 rings (SSSR count). The lowest BCUT2D eigenvalue weighted by molar-refractivity contribution is 0.433. The molecule has 31 heavy (non-hydrogen) atoms. The first kappa shape index (κ1) is 20.7. The van der Waals surface area contributed by atoms with Crippen LogP contribution < -0.4 is 11.3 Å². The van der Waals surface area contributed by atoms with Gasteiger partial charge in [0.15, 0.2) is 5.76 Å². The molecule has 0 saturated carbocycles. The minimum absolute atomic E-state index is 0. The predicted octanol–water partition coefficient (Wildman–Crippen LogP) is 5.27. The van der Waals surface area contributed by atoms with Crippen molar-refractivity contribution in [2.75, 3.05) is 0 Å². The van der Waals surface area contributed by atoms with Crippen LogP contribution in [0.3, 0.4) is 0 Å². The molecule has 1 aromatic carbocycles. The van der Waals surface area contributed by atoms with Crippen molar-refractivity contribution in [1.82, 2.24) is 19.7 Å². The largest absolute Gasteiger partial charge is 0.354 e. The summed E-state index contributed by atoms with van der Waals surface area (Å²) in [5.74, 6) is 0.533. The molecule has 0 aliphatic heterocycles. The van der Waals surface area contributed by atoms with E-state index in [1.165, 1.54) is 0 Å². The average Bonchev–Trinajstić information content (AvgIpc) is 3.24.